The number of benzene rings is 2. The zero-order valence-corrected chi connectivity index (χ0v) is 22.5. The minimum absolute atomic E-state index is 0.0392. The monoisotopic (exact) mass is 555 g/mol. The maximum atomic E-state index is 13.2. The molecule has 1 heterocycles. The number of nitrogens with one attached hydrogen (secondary N) is 2. The second-order valence-electron chi connectivity index (χ2n) is 10.2. The fraction of sp³-hybridized carbons (Fsp3) is 0.429. The van der Waals surface area contributed by atoms with Gasteiger partial charge in [-0.15, -0.1) is 0 Å². The molecule has 0 aromatic heterocycles. The number of aliphatic carboxylic acids is 2. The minimum Gasteiger partial charge on any atom is -0.486 e. The van der Waals surface area contributed by atoms with Crippen molar-refractivity contribution in [2.75, 3.05) is 6.61 Å². The van der Waals surface area contributed by atoms with Crippen LogP contribution in [0.3, 0.4) is 0 Å². The molecule has 0 saturated heterocycles. The van der Waals surface area contributed by atoms with E-state index in [1.54, 1.807) is 12.1 Å². The molecule has 2 unspecified atom stereocenters. The number of carbonyl (C=O) groups is 5. The van der Waals surface area contributed by atoms with Crippen LogP contribution in [0.25, 0.3) is 10.8 Å². The Balaban J connectivity index is 1.63. The van der Waals surface area contributed by atoms with Crippen LogP contribution in [0.2, 0.25) is 0 Å². The first-order chi connectivity index (χ1) is 18.9. The molecule has 0 bridgehead atoms. The zero-order valence-electron chi connectivity index (χ0n) is 22.5. The second kappa shape index (κ2) is 13.0. The number of rotatable bonds is 14. The maximum Gasteiger partial charge on any atom is 0.305 e. The highest BCUT2D eigenvalue weighted by Crippen LogP contribution is 2.27. The number of carboxylic acids is 2. The van der Waals surface area contributed by atoms with Crippen LogP contribution < -0.4 is 15.4 Å². The van der Waals surface area contributed by atoms with E-state index in [0.717, 1.165) is 10.8 Å². The van der Waals surface area contributed by atoms with Gasteiger partial charge >= 0.3 is 11.9 Å². The van der Waals surface area contributed by atoms with E-state index in [1.807, 2.05) is 44.2 Å². The number of carbonyl (C=O) groups excluding carboxylic acids is 3. The van der Waals surface area contributed by atoms with E-state index in [0.29, 0.717) is 11.5 Å². The molecule has 0 aliphatic carbocycles. The lowest BCUT2D eigenvalue weighted by molar-refractivity contribution is -0.146. The molecule has 40 heavy (non-hydrogen) atoms. The molecule has 1 aliphatic rings. The zero-order chi connectivity index (χ0) is 29.4. The van der Waals surface area contributed by atoms with Gasteiger partial charge in [-0.25, -0.2) is 0 Å². The van der Waals surface area contributed by atoms with Crippen LogP contribution in [0.4, 0.5) is 0 Å². The summed E-state index contributed by atoms with van der Waals surface area (Å²) in [6, 6.07) is 10.9. The van der Waals surface area contributed by atoms with Crippen LogP contribution in [0.1, 0.15) is 46.5 Å². The number of hydrogen-bond donors (Lipinski definition) is 4. The standard InChI is InChI=1S/C28H33N3O9/c1-16(2)26(30-23(33)10-11-24(34)35)21-14-28(3,40-31-21)27(38)29-20(13-25(36)37)22(32)15-39-19-9-8-17-6-4-5-7-18(17)12-19/h4-9,12,16,20,26H,10-11,13-15H2,1-3H3,(H,29,38)(H,30,33)(H,34,35)(H,36,37)/t20-,26?,28?/m0/s1. The van der Waals surface area contributed by atoms with Crippen molar-refractivity contribution in [3.8, 4) is 5.75 Å². The number of nitrogens with zero attached hydrogens (tertiary/aromatic N) is 1. The highest BCUT2D eigenvalue weighted by Gasteiger charge is 2.45. The number of Topliss-reactive ketones (excluding diaryl/α,β-unsaturated/α-hetero) is 1. The Kier molecular flexibility index (Phi) is 9.81. The highest BCUT2D eigenvalue weighted by atomic mass is 16.7. The summed E-state index contributed by atoms with van der Waals surface area (Å²) in [5, 5.41) is 29.2. The van der Waals surface area contributed by atoms with Gasteiger partial charge in [0.25, 0.3) is 5.91 Å². The summed E-state index contributed by atoms with van der Waals surface area (Å²) in [6.07, 6.45) is -1.25. The number of oxime groups is 1. The Morgan fingerprint density at radius 1 is 1.00 bits per heavy atom. The molecule has 0 fully saturated rings. The summed E-state index contributed by atoms with van der Waals surface area (Å²) >= 11 is 0. The van der Waals surface area contributed by atoms with Crippen LogP contribution in [-0.4, -0.2) is 69.8 Å². The van der Waals surface area contributed by atoms with Gasteiger partial charge in [-0.2, -0.15) is 0 Å². The highest BCUT2D eigenvalue weighted by molar-refractivity contribution is 6.01. The fourth-order valence-corrected chi connectivity index (χ4v) is 4.20. The van der Waals surface area contributed by atoms with E-state index in [2.05, 4.69) is 15.8 Å². The quantitative estimate of drug-likeness (QED) is 0.272. The molecule has 0 spiro atoms. The van der Waals surface area contributed by atoms with E-state index >= 15 is 0 Å². The first-order valence-corrected chi connectivity index (χ1v) is 12.8. The smallest absolute Gasteiger partial charge is 0.305 e. The molecule has 2 aromatic rings. The number of amides is 2. The normalized spacial score (nSPS) is 17.9. The Hall–Kier alpha value is -4.48. The number of hydrogen-bond acceptors (Lipinski definition) is 8. The van der Waals surface area contributed by atoms with Crippen LogP contribution >= 0.6 is 0 Å². The third-order valence-electron chi connectivity index (χ3n) is 6.45. The fourth-order valence-electron chi connectivity index (χ4n) is 4.20. The van der Waals surface area contributed by atoms with Crippen molar-refractivity contribution in [2.45, 2.75) is 64.1 Å². The summed E-state index contributed by atoms with van der Waals surface area (Å²) < 4.78 is 5.59. The maximum absolute atomic E-state index is 13.2. The van der Waals surface area contributed by atoms with Gasteiger partial charge in [0.05, 0.1) is 24.6 Å². The molecule has 0 radical (unpaired) electrons. The third-order valence-corrected chi connectivity index (χ3v) is 6.45. The SMILES string of the molecule is CC(C)C(NC(=O)CCC(=O)O)C1=NOC(C)(C(=O)N[C@@H](CC(=O)O)C(=O)COc2ccc3ccccc3c2)C1. The van der Waals surface area contributed by atoms with Crippen molar-refractivity contribution >= 4 is 46.0 Å². The first kappa shape index (κ1) is 30.1. The predicted molar refractivity (Wildman–Crippen MR) is 144 cm³/mol. The molecule has 2 aromatic carbocycles. The lowest BCUT2D eigenvalue weighted by Crippen LogP contribution is -2.53. The molecular formula is C28H33N3O9. The number of ether oxygens (including phenoxy) is 1. The predicted octanol–water partition coefficient (Wildman–Crippen LogP) is 2.29. The van der Waals surface area contributed by atoms with Gasteiger partial charge in [-0.1, -0.05) is 49.3 Å². The van der Waals surface area contributed by atoms with Crippen LogP contribution in [0.15, 0.2) is 47.6 Å². The summed E-state index contributed by atoms with van der Waals surface area (Å²) in [4.78, 5) is 65.9. The van der Waals surface area contributed by atoms with Gasteiger partial charge in [0.1, 0.15) is 18.4 Å². The molecule has 12 nitrogen and oxygen atoms in total. The van der Waals surface area contributed by atoms with Crippen molar-refractivity contribution in [3.05, 3.63) is 42.5 Å². The average Bonchev–Trinajstić information content (AvgIpc) is 3.31. The summed E-state index contributed by atoms with van der Waals surface area (Å²) in [5.74, 6) is -4.01. The van der Waals surface area contributed by atoms with Gasteiger partial charge in [0, 0.05) is 12.8 Å². The summed E-state index contributed by atoms with van der Waals surface area (Å²) in [7, 11) is 0. The van der Waals surface area contributed by atoms with Crippen LogP contribution in [0, 0.1) is 5.92 Å². The van der Waals surface area contributed by atoms with Crippen molar-refractivity contribution < 1.29 is 43.8 Å². The lowest BCUT2D eigenvalue weighted by atomic mass is 9.90. The van der Waals surface area contributed by atoms with E-state index in [1.165, 1.54) is 6.92 Å². The van der Waals surface area contributed by atoms with Crippen molar-refractivity contribution in [2.24, 2.45) is 11.1 Å². The van der Waals surface area contributed by atoms with E-state index in [4.69, 9.17) is 14.7 Å². The number of carboxylic acid groups (broad SMARTS) is 2. The molecule has 3 rings (SSSR count). The largest absolute Gasteiger partial charge is 0.486 e. The Bertz CT molecular complexity index is 1320. The summed E-state index contributed by atoms with van der Waals surface area (Å²) in [5.41, 5.74) is -1.21. The molecule has 2 amide bonds. The van der Waals surface area contributed by atoms with E-state index in [-0.39, 0.29) is 25.2 Å². The third kappa shape index (κ3) is 8.01. The van der Waals surface area contributed by atoms with Crippen molar-refractivity contribution in [1.29, 1.82) is 0 Å². The number of fused-ring (bicyclic) bond motifs is 1. The molecule has 3 atom stereocenters. The Morgan fingerprint density at radius 3 is 2.35 bits per heavy atom. The van der Waals surface area contributed by atoms with E-state index in [9.17, 15) is 29.1 Å². The van der Waals surface area contributed by atoms with Crippen LogP contribution in [0.5, 0.6) is 5.75 Å². The topological polar surface area (TPSA) is 181 Å². The molecule has 4 N–H and O–H groups in total. The van der Waals surface area contributed by atoms with Gasteiger partial charge in [-0.05, 0) is 35.7 Å². The molecular weight excluding hydrogens is 522 g/mol. The van der Waals surface area contributed by atoms with Gasteiger partial charge in [0.2, 0.25) is 11.5 Å². The van der Waals surface area contributed by atoms with E-state index < -0.39 is 60.2 Å². The Labute approximate surface area is 230 Å². The Morgan fingerprint density at radius 2 is 1.70 bits per heavy atom. The first-order valence-electron chi connectivity index (χ1n) is 12.8. The molecule has 214 valence electrons. The van der Waals surface area contributed by atoms with Crippen LogP contribution in [-0.2, 0) is 28.8 Å². The minimum atomic E-state index is -1.56. The molecule has 1 aliphatic heterocycles. The van der Waals surface area contributed by atoms with Gasteiger partial charge in [-0.3, -0.25) is 24.0 Å². The second-order valence-corrected chi connectivity index (χ2v) is 10.2. The van der Waals surface area contributed by atoms with Gasteiger partial charge in [0.15, 0.2) is 5.78 Å². The average molecular weight is 556 g/mol. The van der Waals surface area contributed by atoms with Crippen molar-refractivity contribution in [1.82, 2.24) is 10.6 Å². The summed E-state index contributed by atoms with van der Waals surface area (Å²) in [6.45, 7) is 4.61. The lowest BCUT2D eigenvalue weighted by Gasteiger charge is -2.25. The molecule has 12 heteroatoms. The van der Waals surface area contributed by atoms with Gasteiger partial charge < -0.3 is 30.4 Å². The number of ketones is 1. The molecule has 0 saturated carbocycles. The van der Waals surface area contributed by atoms with Crippen molar-refractivity contribution in [3.63, 3.8) is 0 Å².